The molecule has 2 aromatic heterocycles. The van der Waals surface area contributed by atoms with Gasteiger partial charge in [0.2, 0.25) is 5.95 Å². The van der Waals surface area contributed by atoms with Crippen molar-refractivity contribution in [3.63, 3.8) is 0 Å². The second-order valence-electron chi connectivity index (χ2n) is 4.62. The van der Waals surface area contributed by atoms with Crippen LogP contribution in [0.15, 0.2) is 30.5 Å². The van der Waals surface area contributed by atoms with E-state index in [-0.39, 0.29) is 0 Å². The number of hydrogen-bond acceptors (Lipinski definition) is 5. The van der Waals surface area contributed by atoms with E-state index in [9.17, 15) is 0 Å². The Morgan fingerprint density at radius 1 is 1.16 bits per heavy atom. The number of benzene rings is 1. The number of pyridine rings is 1. The molecule has 0 spiro atoms. The summed E-state index contributed by atoms with van der Waals surface area (Å²) in [5.41, 5.74) is 3.32. The fraction of sp³-hybridized carbons (Fsp3) is 0.214. The zero-order valence-electron chi connectivity index (χ0n) is 11.1. The molecule has 0 unspecified atom stereocenters. The molecule has 0 fully saturated rings. The Morgan fingerprint density at radius 3 is 2.74 bits per heavy atom. The summed E-state index contributed by atoms with van der Waals surface area (Å²) in [6.07, 6.45) is 1.81. The Bertz CT molecular complexity index is 733. The molecule has 0 aliphatic carbocycles. The third-order valence-electron chi connectivity index (χ3n) is 3.02. The molecular formula is C14H14N4S. The molecule has 0 saturated carbocycles. The lowest BCUT2D eigenvalue weighted by Crippen LogP contribution is -2.09. The Balaban J connectivity index is 2.25. The van der Waals surface area contributed by atoms with Gasteiger partial charge in [-0.1, -0.05) is 12.1 Å². The van der Waals surface area contributed by atoms with Crippen molar-refractivity contribution in [3.05, 3.63) is 36.0 Å². The van der Waals surface area contributed by atoms with Crippen LogP contribution < -0.4 is 4.90 Å². The molecule has 5 heteroatoms. The van der Waals surface area contributed by atoms with Crippen LogP contribution in [-0.4, -0.2) is 28.4 Å². The average Bonchev–Trinajstić information content (AvgIpc) is 2.88. The van der Waals surface area contributed by atoms with E-state index in [0.717, 1.165) is 27.4 Å². The summed E-state index contributed by atoms with van der Waals surface area (Å²) in [4.78, 5) is 10.9. The maximum absolute atomic E-state index is 4.60. The fourth-order valence-corrected chi connectivity index (χ4v) is 2.90. The maximum Gasteiger partial charge on any atom is 0.237 e. The summed E-state index contributed by atoms with van der Waals surface area (Å²) in [6, 6.07) is 8.17. The molecule has 0 bridgehead atoms. The van der Waals surface area contributed by atoms with Crippen LogP contribution in [0.3, 0.4) is 0 Å². The van der Waals surface area contributed by atoms with Gasteiger partial charge in [-0.2, -0.15) is 9.36 Å². The molecule has 0 N–H and O–H groups in total. The van der Waals surface area contributed by atoms with Crippen molar-refractivity contribution in [2.24, 2.45) is 0 Å². The smallest absolute Gasteiger partial charge is 0.237 e. The number of aryl methyl sites for hydroxylation is 1. The van der Waals surface area contributed by atoms with Gasteiger partial charge in [0.05, 0.1) is 5.52 Å². The first-order valence-electron chi connectivity index (χ1n) is 6.02. The van der Waals surface area contributed by atoms with Gasteiger partial charge in [-0.05, 0) is 36.2 Å². The van der Waals surface area contributed by atoms with E-state index < -0.39 is 0 Å². The van der Waals surface area contributed by atoms with Gasteiger partial charge < -0.3 is 4.90 Å². The SMILES string of the molecule is Cc1ccc2ncccc2c1-c1nc(N(C)C)ns1. The van der Waals surface area contributed by atoms with Crippen LogP contribution in [0.5, 0.6) is 0 Å². The molecular weight excluding hydrogens is 256 g/mol. The first-order chi connectivity index (χ1) is 9.16. The van der Waals surface area contributed by atoms with E-state index in [2.05, 4.69) is 33.4 Å². The molecule has 0 atom stereocenters. The molecule has 3 aromatic rings. The third kappa shape index (κ3) is 2.06. The summed E-state index contributed by atoms with van der Waals surface area (Å²) < 4.78 is 4.38. The average molecular weight is 270 g/mol. The monoisotopic (exact) mass is 270 g/mol. The quantitative estimate of drug-likeness (QED) is 0.717. The predicted octanol–water partition coefficient (Wildman–Crippen LogP) is 3.13. The molecule has 0 aliphatic rings. The highest BCUT2D eigenvalue weighted by Crippen LogP contribution is 2.33. The molecule has 0 amide bonds. The summed E-state index contributed by atoms with van der Waals surface area (Å²) in [6.45, 7) is 2.10. The van der Waals surface area contributed by atoms with E-state index in [0.29, 0.717) is 0 Å². The number of anilines is 1. The zero-order chi connectivity index (χ0) is 13.4. The van der Waals surface area contributed by atoms with E-state index >= 15 is 0 Å². The highest BCUT2D eigenvalue weighted by molar-refractivity contribution is 7.09. The van der Waals surface area contributed by atoms with Crippen molar-refractivity contribution in [1.29, 1.82) is 0 Å². The Morgan fingerprint density at radius 2 is 2.00 bits per heavy atom. The highest BCUT2D eigenvalue weighted by Gasteiger charge is 2.13. The topological polar surface area (TPSA) is 41.9 Å². The number of hydrogen-bond donors (Lipinski definition) is 0. The lowest BCUT2D eigenvalue weighted by atomic mass is 10.0. The van der Waals surface area contributed by atoms with Gasteiger partial charge in [0.15, 0.2) is 0 Å². The van der Waals surface area contributed by atoms with Crippen LogP contribution >= 0.6 is 11.5 Å². The van der Waals surface area contributed by atoms with E-state index in [1.165, 1.54) is 17.1 Å². The third-order valence-corrected chi connectivity index (χ3v) is 3.75. The molecule has 2 heterocycles. The van der Waals surface area contributed by atoms with Gasteiger partial charge in [-0.25, -0.2) is 0 Å². The Labute approximate surface area is 115 Å². The maximum atomic E-state index is 4.60. The number of aromatic nitrogens is 3. The van der Waals surface area contributed by atoms with Gasteiger partial charge in [0.1, 0.15) is 5.01 Å². The van der Waals surface area contributed by atoms with Crippen molar-refractivity contribution in [1.82, 2.24) is 14.3 Å². The first-order valence-corrected chi connectivity index (χ1v) is 6.80. The molecule has 1 aromatic carbocycles. The summed E-state index contributed by atoms with van der Waals surface area (Å²) in [5, 5.41) is 2.07. The van der Waals surface area contributed by atoms with Gasteiger partial charge in [0, 0.05) is 31.2 Å². The van der Waals surface area contributed by atoms with Crippen molar-refractivity contribution in [2.45, 2.75) is 6.92 Å². The van der Waals surface area contributed by atoms with Crippen molar-refractivity contribution >= 4 is 28.4 Å². The van der Waals surface area contributed by atoms with E-state index in [1.807, 2.05) is 37.3 Å². The van der Waals surface area contributed by atoms with Crippen LogP contribution in [-0.2, 0) is 0 Å². The van der Waals surface area contributed by atoms with Crippen LogP contribution in [0.1, 0.15) is 5.56 Å². The molecule has 3 rings (SSSR count). The second kappa shape index (κ2) is 4.59. The van der Waals surface area contributed by atoms with Crippen LogP contribution in [0.2, 0.25) is 0 Å². The summed E-state index contributed by atoms with van der Waals surface area (Å²) in [5.74, 6) is 0.750. The number of fused-ring (bicyclic) bond motifs is 1. The molecule has 19 heavy (non-hydrogen) atoms. The first kappa shape index (κ1) is 12.0. The minimum Gasteiger partial charge on any atom is -0.346 e. The fourth-order valence-electron chi connectivity index (χ4n) is 2.04. The summed E-state index contributed by atoms with van der Waals surface area (Å²) in [7, 11) is 3.90. The molecule has 4 nitrogen and oxygen atoms in total. The van der Waals surface area contributed by atoms with E-state index in [1.54, 1.807) is 0 Å². The highest BCUT2D eigenvalue weighted by atomic mass is 32.1. The summed E-state index contributed by atoms with van der Waals surface area (Å²) >= 11 is 1.43. The molecule has 0 saturated heterocycles. The molecule has 0 radical (unpaired) electrons. The second-order valence-corrected chi connectivity index (χ2v) is 5.37. The lowest BCUT2D eigenvalue weighted by molar-refractivity contribution is 1.05. The predicted molar refractivity (Wildman–Crippen MR) is 79.7 cm³/mol. The van der Waals surface area contributed by atoms with Crippen molar-refractivity contribution < 1.29 is 0 Å². The minimum atomic E-state index is 0.750. The van der Waals surface area contributed by atoms with Crippen LogP contribution in [0, 0.1) is 6.92 Å². The number of rotatable bonds is 2. The Hall–Kier alpha value is -2.01. The Kier molecular flexibility index (Phi) is 2.91. The lowest BCUT2D eigenvalue weighted by Gasteiger charge is -2.07. The van der Waals surface area contributed by atoms with E-state index in [4.69, 9.17) is 0 Å². The number of nitrogens with zero attached hydrogens (tertiary/aromatic N) is 4. The van der Waals surface area contributed by atoms with Crippen LogP contribution in [0.25, 0.3) is 21.5 Å². The van der Waals surface area contributed by atoms with Crippen LogP contribution in [0.4, 0.5) is 5.95 Å². The molecule has 0 aliphatic heterocycles. The van der Waals surface area contributed by atoms with Crippen molar-refractivity contribution in [3.8, 4) is 10.6 Å². The largest absolute Gasteiger partial charge is 0.346 e. The molecule has 96 valence electrons. The standard InChI is InChI=1S/C14H14N4S/c1-9-6-7-11-10(5-4-8-15-11)12(9)13-16-14(17-19-13)18(2)3/h4-8H,1-3H3. The van der Waals surface area contributed by atoms with Gasteiger partial charge >= 0.3 is 0 Å². The normalized spacial score (nSPS) is 10.9. The van der Waals surface area contributed by atoms with Gasteiger partial charge in [-0.3, -0.25) is 4.98 Å². The van der Waals surface area contributed by atoms with Crippen molar-refractivity contribution in [2.75, 3.05) is 19.0 Å². The zero-order valence-corrected chi connectivity index (χ0v) is 11.9. The van der Waals surface area contributed by atoms with Gasteiger partial charge in [0.25, 0.3) is 0 Å². The minimum absolute atomic E-state index is 0.750. The van der Waals surface area contributed by atoms with Gasteiger partial charge in [-0.15, -0.1) is 0 Å².